The van der Waals surface area contributed by atoms with Crippen molar-refractivity contribution in [3.63, 3.8) is 0 Å². The van der Waals surface area contributed by atoms with Crippen LogP contribution in [0.25, 0.3) is 21.8 Å². The summed E-state index contributed by atoms with van der Waals surface area (Å²) >= 11 is 5.80. The van der Waals surface area contributed by atoms with Crippen molar-refractivity contribution in [2.45, 2.75) is 5.88 Å². The van der Waals surface area contributed by atoms with Gasteiger partial charge in [0.05, 0.1) is 22.6 Å². The summed E-state index contributed by atoms with van der Waals surface area (Å²) in [4.78, 5) is 8.91. The number of fused-ring (bicyclic) bond motifs is 3. The fourth-order valence-corrected chi connectivity index (χ4v) is 1.99. The van der Waals surface area contributed by atoms with Crippen LogP contribution >= 0.6 is 11.6 Å². The second-order valence-corrected chi connectivity index (χ2v) is 3.92. The Morgan fingerprint density at radius 1 is 0.938 bits per heavy atom. The first kappa shape index (κ1) is 9.55. The fraction of sp³-hybridized carbons (Fsp3) is 0.0769. The van der Waals surface area contributed by atoms with E-state index in [2.05, 4.69) is 22.1 Å². The normalized spacial score (nSPS) is 11.1. The Bertz CT molecular complexity index is 664. The number of benzene rings is 1. The molecule has 0 amide bonds. The molecule has 0 N–H and O–H groups in total. The molecule has 0 bridgehead atoms. The predicted molar refractivity (Wildman–Crippen MR) is 66.6 cm³/mol. The van der Waals surface area contributed by atoms with Gasteiger partial charge < -0.3 is 0 Å². The van der Waals surface area contributed by atoms with Crippen LogP contribution in [-0.2, 0) is 5.88 Å². The van der Waals surface area contributed by atoms with E-state index in [-0.39, 0.29) is 0 Å². The number of aromatic nitrogens is 2. The minimum atomic E-state index is 0.430. The maximum Gasteiger partial charge on any atom is 0.0968 e. The van der Waals surface area contributed by atoms with Crippen LogP contribution in [0.4, 0.5) is 0 Å². The minimum absolute atomic E-state index is 0.430. The number of hydrogen-bond acceptors (Lipinski definition) is 2. The summed E-state index contributed by atoms with van der Waals surface area (Å²) in [5.41, 5.74) is 2.75. The maximum atomic E-state index is 5.80. The Labute approximate surface area is 97.9 Å². The molecule has 0 aliphatic heterocycles. The van der Waals surface area contributed by atoms with Gasteiger partial charge in [0.1, 0.15) is 0 Å². The Hall–Kier alpha value is -1.67. The van der Waals surface area contributed by atoms with E-state index in [1.807, 2.05) is 24.3 Å². The molecule has 3 aromatic rings. The van der Waals surface area contributed by atoms with E-state index in [0.29, 0.717) is 5.88 Å². The monoisotopic (exact) mass is 228 g/mol. The van der Waals surface area contributed by atoms with E-state index < -0.39 is 0 Å². The van der Waals surface area contributed by atoms with Gasteiger partial charge in [-0.2, -0.15) is 0 Å². The molecule has 78 valence electrons. The highest BCUT2D eigenvalue weighted by Crippen LogP contribution is 2.22. The lowest BCUT2D eigenvalue weighted by molar-refractivity contribution is 1.22. The van der Waals surface area contributed by atoms with Gasteiger partial charge >= 0.3 is 0 Å². The second kappa shape index (κ2) is 3.72. The number of nitrogens with zero attached hydrogens (tertiary/aromatic N) is 2. The van der Waals surface area contributed by atoms with E-state index in [9.17, 15) is 0 Å². The van der Waals surface area contributed by atoms with Gasteiger partial charge in [-0.25, -0.2) is 4.98 Å². The summed E-state index contributed by atoms with van der Waals surface area (Å²) in [6, 6.07) is 12.1. The van der Waals surface area contributed by atoms with Crippen LogP contribution < -0.4 is 0 Å². The van der Waals surface area contributed by atoms with E-state index in [1.54, 1.807) is 6.20 Å². The summed E-state index contributed by atoms with van der Waals surface area (Å²) in [6.45, 7) is 0. The lowest BCUT2D eigenvalue weighted by Crippen LogP contribution is -1.89. The minimum Gasteiger partial charge on any atom is -0.254 e. The van der Waals surface area contributed by atoms with E-state index >= 15 is 0 Å². The van der Waals surface area contributed by atoms with Crippen LogP contribution in [0.15, 0.2) is 42.6 Å². The summed E-state index contributed by atoms with van der Waals surface area (Å²) in [5.74, 6) is 0.430. The largest absolute Gasteiger partial charge is 0.254 e. The van der Waals surface area contributed by atoms with Crippen molar-refractivity contribution in [1.82, 2.24) is 9.97 Å². The van der Waals surface area contributed by atoms with Gasteiger partial charge in [-0.05, 0) is 12.1 Å². The van der Waals surface area contributed by atoms with Gasteiger partial charge in [0.15, 0.2) is 0 Å². The summed E-state index contributed by atoms with van der Waals surface area (Å²) in [7, 11) is 0. The number of alkyl halides is 1. The summed E-state index contributed by atoms with van der Waals surface area (Å²) in [5, 5.41) is 2.20. The molecule has 0 atom stereocenters. The molecule has 0 spiro atoms. The molecule has 2 nitrogen and oxygen atoms in total. The lowest BCUT2D eigenvalue weighted by atomic mass is 10.1. The molecule has 3 rings (SSSR count). The number of rotatable bonds is 1. The molecule has 0 radical (unpaired) electrons. The fourth-order valence-electron chi connectivity index (χ4n) is 1.84. The van der Waals surface area contributed by atoms with Gasteiger partial charge in [-0.15, -0.1) is 11.6 Å². The zero-order valence-electron chi connectivity index (χ0n) is 8.52. The first-order valence-electron chi connectivity index (χ1n) is 5.08. The average molecular weight is 229 g/mol. The Morgan fingerprint density at radius 2 is 1.69 bits per heavy atom. The summed E-state index contributed by atoms with van der Waals surface area (Å²) < 4.78 is 0. The standard InChI is InChI=1S/C13H9ClN2/c14-8-11-6-5-10-4-3-9-2-1-7-15-12(9)13(10)16-11/h1-7H,8H2. The quantitative estimate of drug-likeness (QED) is 0.471. The van der Waals surface area contributed by atoms with Crippen molar-refractivity contribution in [2.24, 2.45) is 0 Å². The van der Waals surface area contributed by atoms with Crippen molar-refractivity contribution in [2.75, 3.05) is 0 Å². The molecule has 1 aromatic carbocycles. The third kappa shape index (κ3) is 1.42. The maximum absolute atomic E-state index is 5.80. The molecular formula is C13H9ClN2. The van der Waals surface area contributed by atoms with Crippen LogP contribution in [0, 0.1) is 0 Å². The highest BCUT2D eigenvalue weighted by Gasteiger charge is 2.03. The first-order chi connectivity index (χ1) is 7.88. The van der Waals surface area contributed by atoms with Crippen LogP contribution in [0.2, 0.25) is 0 Å². The number of halogens is 1. The van der Waals surface area contributed by atoms with E-state index in [1.165, 1.54) is 0 Å². The van der Waals surface area contributed by atoms with Crippen LogP contribution in [0.5, 0.6) is 0 Å². The van der Waals surface area contributed by atoms with Crippen LogP contribution in [0.3, 0.4) is 0 Å². The summed E-state index contributed by atoms with van der Waals surface area (Å²) in [6.07, 6.45) is 1.79. The zero-order valence-corrected chi connectivity index (χ0v) is 9.28. The third-order valence-electron chi connectivity index (χ3n) is 2.63. The average Bonchev–Trinajstić information content (AvgIpc) is 2.38. The number of pyridine rings is 2. The van der Waals surface area contributed by atoms with Crippen molar-refractivity contribution in [3.8, 4) is 0 Å². The highest BCUT2D eigenvalue weighted by atomic mass is 35.5. The van der Waals surface area contributed by atoms with Crippen molar-refractivity contribution in [1.29, 1.82) is 0 Å². The molecular weight excluding hydrogens is 220 g/mol. The zero-order chi connectivity index (χ0) is 11.0. The van der Waals surface area contributed by atoms with Gasteiger partial charge in [-0.3, -0.25) is 4.98 Å². The van der Waals surface area contributed by atoms with Crippen molar-refractivity contribution >= 4 is 33.4 Å². The van der Waals surface area contributed by atoms with E-state index in [4.69, 9.17) is 11.6 Å². The van der Waals surface area contributed by atoms with Crippen molar-refractivity contribution < 1.29 is 0 Å². The Morgan fingerprint density at radius 3 is 2.50 bits per heavy atom. The van der Waals surface area contributed by atoms with Crippen molar-refractivity contribution in [3.05, 3.63) is 48.3 Å². The molecule has 0 saturated heterocycles. The molecule has 0 saturated carbocycles. The van der Waals surface area contributed by atoms with Crippen LogP contribution in [-0.4, -0.2) is 9.97 Å². The third-order valence-corrected chi connectivity index (χ3v) is 2.90. The molecule has 2 heterocycles. The molecule has 0 aliphatic carbocycles. The first-order valence-corrected chi connectivity index (χ1v) is 5.61. The SMILES string of the molecule is ClCc1ccc2ccc3cccnc3c2n1. The lowest BCUT2D eigenvalue weighted by Gasteiger charge is -2.03. The predicted octanol–water partition coefficient (Wildman–Crippen LogP) is 3.52. The highest BCUT2D eigenvalue weighted by molar-refractivity contribution is 6.17. The van der Waals surface area contributed by atoms with Crippen LogP contribution in [0.1, 0.15) is 5.69 Å². The molecule has 0 unspecified atom stereocenters. The molecule has 0 aliphatic rings. The molecule has 0 fully saturated rings. The second-order valence-electron chi connectivity index (χ2n) is 3.65. The van der Waals surface area contributed by atoms with Gasteiger partial charge in [0, 0.05) is 17.0 Å². The van der Waals surface area contributed by atoms with Gasteiger partial charge in [-0.1, -0.05) is 24.3 Å². The molecule has 16 heavy (non-hydrogen) atoms. The molecule has 3 heteroatoms. The van der Waals surface area contributed by atoms with Gasteiger partial charge in [0.25, 0.3) is 0 Å². The number of hydrogen-bond donors (Lipinski definition) is 0. The van der Waals surface area contributed by atoms with E-state index in [0.717, 1.165) is 27.5 Å². The Kier molecular flexibility index (Phi) is 2.22. The Balaban J connectivity index is 2.47. The smallest absolute Gasteiger partial charge is 0.0968 e. The molecule has 2 aromatic heterocycles. The topological polar surface area (TPSA) is 25.8 Å². The van der Waals surface area contributed by atoms with Gasteiger partial charge in [0.2, 0.25) is 0 Å².